The molecule has 0 saturated carbocycles. The fraction of sp³-hybridized carbons (Fsp3) is 0.273. The molecular weight excluding hydrogens is 443 g/mol. The van der Waals surface area contributed by atoms with E-state index in [1.807, 2.05) is 37.4 Å². The summed E-state index contributed by atoms with van der Waals surface area (Å²) in [4.78, 5) is 15.5. The van der Waals surface area contributed by atoms with Crippen molar-refractivity contribution in [3.05, 3.63) is 73.4 Å². The molecule has 4 rings (SSSR count). The zero-order valence-corrected chi connectivity index (χ0v) is 18.9. The van der Waals surface area contributed by atoms with Crippen LogP contribution in [0.3, 0.4) is 0 Å². The van der Waals surface area contributed by atoms with Gasteiger partial charge in [-0.25, -0.2) is 0 Å². The summed E-state index contributed by atoms with van der Waals surface area (Å²) in [5.41, 5.74) is 0.834. The quantitative estimate of drug-likeness (QED) is 0.557. The number of pyridine rings is 1. The van der Waals surface area contributed by atoms with E-state index in [1.54, 1.807) is 16.5 Å². The zero-order chi connectivity index (χ0) is 22.3. The number of alkyl halides is 3. The van der Waals surface area contributed by atoms with Crippen LogP contribution in [0.25, 0.3) is 11.1 Å². The Balaban J connectivity index is 1.89. The molecule has 0 bridgehead atoms. The minimum Gasteiger partial charge on any atom is -0.337 e. The average molecular weight is 465 g/mol. The Labute approximate surface area is 185 Å². The molecule has 4 nitrogen and oxygen atoms in total. The maximum atomic E-state index is 13.2. The highest BCUT2D eigenvalue weighted by Crippen LogP contribution is 2.47. The summed E-state index contributed by atoms with van der Waals surface area (Å²) in [7, 11) is 1.78. The summed E-state index contributed by atoms with van der Waals surface area (Å²) < 4.78 is 44.5. The second kappa shape index (κ2) is 8.20. The molecule has 1 aliphatic rings. The van der Waals surface area contributed by atoms with Crippen molar-refractivity contribution < 1.29 is 17.7 Å². The van der Waals surface area contributed by atoms with Gasteiger partial charge in [-0.05, 0) is 38.1 Å². The van der Waals surface area contributed by atoms with Gasteiger partial charge >= 0.3 is 6.18 Å². The Morgan fingerprint density at radius 1 is 1.16 bits per heavy atom. The van der Waals surface area contributed by atoms with Gasteiger partial charge in [-0.1, -0.05) is 11.8 Å². The number of rotatable bonds is 3. The van der Waals surface area contributed by atoms with Crippen molar-refractivity contribution >= 4 is 39.9 Å². The van der Waals surface area contributed by atoms with Crippen LogP contribution in [0.4, 0.5) is 18.9 Å². The van der Waals surface area contributed by atoms with Crippen molar-refractivity contribution in [2.24, 2.45) is 0 Å². The molecule has 0 unspecified atom stereocenters. The van der Waals surface area contributed by atoms with Gasteiger partial charge in [0.05, 0.1) is 11.3 Å². The molecule has 0 spiro atoms. The first-order valence-corrected chi connectivity index (χ1v) is 11.4. The number of hydrogen-bond acceptors (Lipinski definition) is 4. The predicted molar refractivity (Wildman–Crippen MR) is 118 cm³/mol. The Morgan fingerprint density at radius 3 is 2.61 bits per heavy atom. The molecule has 0 saturated heterocycles. The molecule has 162 valence electrons. The van der Waals surface area contributed by atoms with Crippen molar-refractivity contribution in [1.82, 2.24) is 4.57 Å². The summed E-state index contributed by atoms with van der Waals surface area (Å²) in [6.07, 6.45) is -0.433. The standard InChI is InChI=1S/C22H21F3N3OS2/c1-4-27-11-7-6-8-15(27)13-18-28(5-2)20(29)19(31-18)21-26(3)16-10-9-14(22(23,24)25)12-17(16)30-21/h6-13H,4-5H2,1-3H3/q+1/b21-19-. The molecule has 2 aromatic heterocycles. The lowest BCUT2D eigenvalue weighted by molar-refractivity contribution is -0.695. The highest BCUT2D eigenvalue weighted by Gasteiger charge is 2.33. The highest BCUT2D eigenvalue weighted by atomic mass is 32.2. The van der Waals surface area contributed by atoms with Crippen LogP contribution in [0, 0.1) is 0 Å². The van der Waals surface area contributed by atoms with Crippen LogP contribution in [-0.4, -0.2) is 11.6 Å². The van der Waals surface area contributed by atoms with E-state index in [0.29, 0.717) is 26.7 Å². The number of halogens is 3. The van der Waals surface area contributed by atoms with Gasteiger partial charge in [0, 0.05) is 36.7 Å². The number of anilines is 1. The molecule has 1 aromatic carbocycles. The van der Waals surface area contributed by atoms with Gasteiger partial charge in [-0.2, -0.15) is 17.7 Å². The normalized spacial score (nSPS) is 16.2. The second-order valence-electron chi connectivity index (χ2n) is 7.02. The monoisotopic (exact) mass is 464 g/mol. The Kier molecular flexibility index (Phi) is 5.74. The first-order valence-electron chi connectivity index (χ1n) is 9.81. The van der Waals surface area contributed by atoms with Gasteiger partial charge in [0.15, 0.2) is 6.20 Å². The molecule has 0 aliphatic carbocycles. The Bertz CT molecular complexity index is 1320. The van der Waals surface area contributed by atoms with Gasteiger partial charge < -0.3 is 4.90 Å². The zero-order valence-electron chi connectivity index (χ0n) is 17.2. The van der Waals surface area contributed by atoms with E-state index in [-0.39, 0.29) is 5.56 Å². The number of aryl methyl sites for hydroxylation is 1. The summed E-state index contributed by atoms with van der Waals surface area (Å²) >= 11 is 2.57. The van der Waals surface area contributed by atoms with Crippen molar-refractivity contribution in [2.75, 3.05) is 11.9 Å². The molecule has 3 aromatic rings. The average Bonchev–Trinajstić information content (AvgIpc) is 3.23. The maximum absolute atomic E-state index is 13.2. The molecule has 31 heavy (non-hydrogen) atoms. The minimum atomic E-state index is -4.40. The lowest BCUT2D eigenvalue weighted by Crippen LogP contribution is -2.36. The van der Waals surface area contributed by atoms with Crippen LogP contribution in [0.1, 0.15) is 25.1 Å². The third-order valence-corrected chi connectivity index (χ3v) is 7.64. The van der Waals surface area contributed by atoms with E-state index in [1.165, 1.54) is 29.2 Å². The van der Waals surface area contributed by atoms with E-state index in [2.05, 4.69) is 11.5 Å². The first-order chi connectivity index (χ1) is 14.7. The Hall–Kier alpha value is -2.52. The molecule has 3 heterocycles. The molecule has 0 radical (unpaired) electrons. The number of thioether (sulfide) groups is 1. The van der Waals surface area contributed by atoms with Crippen LogP contribution in [0.2, 0.25) is 0 Å². The number of aromatic nitrogens is 2. The fourth-order valence-electron chi connectivity index (χ4n) is 3.53. The largest absolute Gasteiger partial charge is 0.416 e. The van der Waals surface area contributed by atoms with Crippen molar-refractivity contribution in [3.63, 3.8) is 0 Å². The van der Waals surface area contributed by atoms with E-state index < -0.39 is 11.7 Å². The molecule has 0 fully saturated rings. The highest BCUT2D eigenvalue weighted by molar-refractivity contribution is 8.08. The number of thiazole rings is 1. The van der Waals surface area contributed by atoms with E-state index in [9.17, 15) is 18.0 Å². The van der Waals surface area contributed by atoms with Crippen LogP contribution < -0.4 is 24.2 Å². The number of benzene rings is 1. The smallest absolute Gasteiger partial charge is 0.337 e. The number of fused-ring (bicyclic) bond motifs is 1. The summed E-state index contributed by atoms with van der Waals surface area (Å²) in [6.45, 7) is 5.27. The molecular formula is C22H21F3N3OS2+. The van der Waals surface area contributed by atoms with Crippen molar-refractivity contribution in [2.45, 2.75) is 38.0 Å². The van der Waals surface area contributed by atoms with E-state index in [4.69, 9.17) is 0 Å². The molecule has 0 N–H and O–H groups in total. The van der Waals surface area contributed by atoms with Crippen LogP contribution >= 0.6 is 23.1 Å². The van der Waals surface area contributed by atoms with Gasteiger partial charge in [0.25, 0.3) is 5.56 Å². The summed E-state index contributed by atoms with van der Waals surface area (Å²) in [6, 6.07) is 9.59. The van der Waals surface area contributed by atoms with E-state index >= 15 is 0 Å². The van der Waals surface area contributed by atoms with Crippen LogP contribution in [-0.2, 0) is 19.3 Å². The second-order valence-corrected chi connectivity index (χ2v) is 9.08. The van der Waals surface area contributed by atoms with Gasteiger partial charge in [0.2, 0.25) is 5.69 Å². The molecule has 0 amide bonds. The van der Waals surface area contributed by atoms with Gasteiger partial charge in [0.1, 0.15) is 20.8 Å². The molecule has 1 aliphatic heterocycles. The third kappa shape index (κ3) is 3.92. The predicted octanol–water partition coefficient (Wildman–Crippen LogP) is 3.39. The van der Waals surface area contributed by atoms with Crippen molar-refractivity contribution in [1.29, 1.82) is 0 Å². The summed E-state index contributed by atoms with van der Waals surface area (Å²) in [5.74, 6) is 0. The van der Waals surface area contributed by atoms with Crippen molar-refractivity contribution in [3.8, 4) is 0 Å². The van der Waals surface area contributed by atoms with Crippen LogP contribution in [0.5, 0.6) is 0 Å². The lowest BCUT2D eigenvalue weighted by atomic mass is 10.2. The number of nitrogens with zero attached hydrogens (tertiary/aromatic N) is 3. The molecule has 0 atom stereocenters. The topological polar surface area (TPSA) is 29.1 Å². The SMILES string of the molecule is CCn1c(=O)/c(=C2/Sc3cc(C(F)(F)F)ccc3N2C)s/c1=C\c1cccc[n+]1CC. The minimum absolute atomic E-state index is 0.129. The Morgan fingerprint density at radius 2 is 1.94 bits per heavy atom. The third-order valence-electron chi connectivity index (χ3n) is 5.17. The lowest BCUT2D eigenvalue weighted by Gasteiger charge is -2.13. The fourth-order valence-corrected chi connectivity index (χ4v) is 6.03. The maximum Gasteiger partial charge on any atom is 0.416 e. The summed E-state index contributed by atoms with van der Waals surface area (Å²) in [5, 5.41) is 0.655. The van der Waals surface area contributed by atoms with E-state index in [0.717, 1.165) is 29.0 Å². The number of hydrogen-bond donors (Lipinski definition) is 0. The van der Waals surface area contributed by atoms with Crippen LogP contribution in [0.15, 0.2) is 52.3 Å². The van der Waals surface area contributed by atoms with Gasteiger partial charge in [-0.15, -0.1) is 11.3 Å². The first kappa shape index (κ1) is 21.7. The molecule has 9 heteroatoms. The van der Waals surface area contributed by atoms with Gasteiger partial charge in [-0.3, -0.25) is 9.36 Å².